The number of H-pyrrole nitrogens is 1. The molecule has 0 aliphatic rings. The number of aryl methyl sites for hydroxylation is 1. The van der Waals surface area contributed by atoms with Gasteiger partial charge in [0.25, 0.3) is 5.56 Å². The van der Waals surface area contributed by atoms with Crippen molar-refractivity contribution >= 4 is 55.6 Å². The van der Waals surface area contributed by atoms with Gasteiger partial charge in [-0.25, -0.2) is 4.98 Å². The highest BCUT2D eigenvalue weighted by Gasteiger charge is 2.17. The van der Waals surface area contributed by atoms with Gasteiger partial charge in [-0.3, -0.25) is 9.59 Å². The van der Waals surface area contributed by atoms with Crippen molar-refractivity contribution in [3.8, 4) is 0 Å². The lowest BCUT2D eigenvalue weighted by Crippen LogP contribution is -2.11. The van der Waals surface area contributed by atoms with Gasteiger partial charge < -0.3 is 10.3 Å². The van der Waals surface area contributed by atoms with Crippen molar-refractivity contribution in [2.75, 3.05) is 11.9 Å². The fraction of sp³-hybridized carbons (Fsp3) is 0.438. The standard InChI is InChI=1S/C16H19N5O2S3/c1-7(2)5-17-15-20-21-16(26-15)24-6-10-18-13(23)11-8(3)12(9(4)22)25-14(11)19-10/h7H,5-6H2,1-4H3,(H,17,20)(H,18,19,23). The minimum Gasteiger partial charge on any atom is -0.360 e. The summed E-state index contributed by atoms with van der Waals surface area (Å²) in [5, 5.41) is 12.8. The summed E-state index contributed by atoms with van der Waals surface area (Å²) >= 11 is 4.22. The molecule has 3 rings (SSSR count). The van der Waals surface area contributed by atoms with E-state index < -0.39 is 0 Å². The molecule has 0 aliphatic heterocycles. The van der Waals surface area contributed by atoms with Crippen molar-refractivity contribution < 1.29 is 4.79 Å². The van der Waals surface area contributed by atoms with Crippen molar-refractivity contribution in [1.82, 2.24) is 20.2 Å². The zero-order chi connectivity index (χ0) is 18.8. The molecule has 0 atom stereocenters. The first-order valence-corrected chi connectivity index (χ1v) is 10.7. The number of fused-ring (bicyclic) bond motifs is 1. The van der Waals surface area contributed by atoms with Gasteiger partial charge in [-0.1, -0.05) is 36.9 Å². The third-order valence-electron chi connectivity index (χ3n) is 3.57. The van der Waals surface area contributed by atoms with Crippen LogP contribution in [0.15, 0.2) is 9.13 Å². The van der Waals surface area contributed by atoms with Gasteiger partial charge in [-0.15, -0.1) is 21.5 Å². The lowest BCUT2D eigenvalue weighted by molar-refractivity contribution is 0.102. The maximum Gasteiger partial charge on any atom is 0.259 e. The molecule has 26 heavy (non-hydrogen) atoms. The van der Waals surface area contributed by atoms with Crippen molar-refractivity contribution in [2.24, 2.45) is 5.92 Å². The van der Waals surface area contributed by atoms with Gasteiger partial charge in [-0.2, -0.15) is 0 Å². The Morgan fingerprint density at radius 3 is 2.77 bits per heavy atom. The van der Waals surface area contributed by atoms with Crippen LogP contribution in [0.2, 0.25) is 0 Å². The quantitative estimate of drug-likeness (QED) is 0.453. The smallest absolute Gasteiger partial charge is 0.259 e. The van der Waals surface area contributed by atoms with Gasteiger partial charge in [0, 0.05) is 6.54 Å². The predicted molar refractivity (Wildman–Crippen MR) is 108 cm³/mol. The summed E-state index contributed by atoms with van der Waals surface area (Å²) in [4.78, 5) is 32.6. The maximum atomic E-state index is 12.4. The number of carbonyl (C=O) groups excluding carboxylic acids is 1. The van der Waals surface area contributed by atoms with Crippen LogP contribution >= 0.6 is 34.4 Å². The number of aromatic nitrogens is 4. The number of hydrogen-bond acceptors (Lipinski definition) is 9. The zero-order valence-corrected chi connectivity index (χ0v) is 17.3. The summed E-state index contributed by atoms with van der Waals surface area (Å²) in [5.41, 5.74) is 0.499. The summed E-state index contributed by atoms with van der Waals surface area (Å²) in [5.74, 6) is 1.54. The van der Waals surface area contributed by atoms with Crippen molar-refractivity contribution in [1.29, 1.82) is 0 Å². The predicted octanol–water partition coefficient (Wildman–Crippen LogP) is 3.71. The Hall–Kier alpha value is -1.78. The molecule has 10 heteroatoms. The van der Waals surface area contributed by atoms with Gasteiger partial charge in [0.2, 0.25) is 5.13 Å². The number of thiophene rings is 1. The fourth-order valence-corrected chi connectivity index (χ4v) is 5.08. The number of thioether (sulfide) groups is 1. The Morgan fingerprint density at radius 1 is 1.31 bits per heavy atom. The number of ketones is 1. The van der Waals surface area contributed by atoms with Gasteiger partial charge in [0.1, 0.15) is 10.7 Å². The molecule has 0 unspecified atom stereocenters. The fourth-order valence-electron chi connectivity index (χ4n) is 2.35. The molecule has 3 aromatic heterocycles. The lowest BCUT2D eigenvalue weighted by atomic mass is 10.2. The number of rotatable bonds is 7. The van der Waals surface area contributed by atoms with Crippen LogP contribution in [0.5, 0.6) is 0 Å². The Kier molecular flexibility index (Phi) is 5.73. The highest BCUT2D eigenvalue weighted by atomic mass is 32.2. The number of hydrogen-bond donors (Lipinski definition) is 2. The summed E-state index contributed by atoms with van der Waals surface area (Å²) in [6, 6.07) is 0. The van der Waals surface area contributed by atoms with E-state index in [4.69, 9.17) is 0 Å². The molecule has 0 bridgehead atoms. The third kappa shape index (κ3) is 4.13. The second kappa shape index (κ2) is 7.85. The molecule has 7 nitrogen and oxygen atoms in total. The summed E-state index contributed by atoms with van der Waals surface area (Å²) in [6.45, 7) is 8.40. The first kappa shape index (κ1) is 19.0. The molecule has 138 valence electrons. The second-order valence-electron chi connectivity index (χ2n) is 6.24. The molecule has 0 amide bonds. The van der Waals surface area contributed by atoms with Crippen LogP contribution in [0.1, 0.15) is 41.8 Å². The van der Waals surface area contributed by atoms with Gasteiger partial charge >= 0.3 is 0 Å². The van der Waals surface area contributed by atoms with E-state index in [2.05, 4.69) is 39.3 Å². The first-order valence-electron chi connectivity index (χ1n) is 8.08. The molecular formula is C16H19N5O2S3. The van der Waals surface area contributed by atoms with E-state index in [1.165, 1.54) is 41.4 Å². The topological polar surface area (TPSA) is 101 Å². The Bertz CT molecular complexity index is 1010. The van der Waals surface area contributed by atoms with Crippen LogP contribution < -0.4 is 10.9 Å². The SMILES string of the molecule is CC(=O)c1sc2nc(CSc3nnc(NCC(C)C)s3)[nH]c(=O)c2c1C. The molecule has 0 aromatic carbocycles. The van der Waals surface area contributed by atoms with Crippen LogP contribution in [-0.4, -0.2) is 32.5 Å². The highest BCUT2D eigenvalue weighted by molar-refractivity contribution is 8.00. The minimum absolute atomic E-state index is 0.0453. The number of nitrogens with zero attached hydrogens (tertiary/aromatic N) is 3. The Labute approximate surface area is 162 Å². The van der Waals surface area contributed by atoms with Gasteiger partial charge in [-0.05, 0) is 25.3 Å². The van der Waals surface area contributed by atoms with E-state index in [9.17, 15) is 9.59 Å². The van der Waals surface area contributed by atoms with Crippen LogP contribution in [0, 0.1) is 12.8 Å². The van der Waals surface area contributed by atoms with Crippen LogP contribution in [0.4, 0.5) is 5.13 Å². The Morgan fingerprint density at radius 2 is 2.08 bits per heavy atom. The largest absolute Gasteiger partial charge is 0.360 e. The maximum absolute atomic E-state index is 12.4. The van der Waals surface area contributed by atoms with Crippen molar-refractivity contribution in [3.05, 3.63) is 26.6 Å². The summed E-state index contributed by atoms with van der Waals surface area (Å²) < 4.78 is 0.811. The molecule has 0 saturated heterocycles. The summed E-state index contributed by atoms with van der Waals surface area (Å²) in [7, 11) is 0. The number of anilines is 1. The number of aromatic amines is 1. The second-order valence-corrected chi connectivity index (χ2v) is 9.44. The monoisotopic (exact) mass is 409 g/mol. The normalized spacial score (nSPS) is 11.4. The summed E-state index contributed by atoms with van der Waals surface area (Å²) in [6.07, 6.45) is 0. The van der Waals surface area contributed by atoms with E-state index >= 15 is 0 Å². The zero-order valence-electron chi connectivity index (χ0n) is 14.9. The Balaban J connectivity index is 1.75. The molecule has 3 heterocycles. The van der Waals surface area contributed by atoms with Crippen LogP contribution in [0.25, 0.3) is 10.2 Å². The van der Waals surface area contributed by atoms with E-state index in [-0.39, 0.29) is 11.3 Å². The number of carbonyl (C=O) groups is 1. The third-order valence-corrected chi connectivity index (χ3v) is 6.88. The van der Waals surface area contributed by atoms with Crippen LogP contribution in [-0.2, 0) is 5.75 Å². The average molecular weight is 410 g/mol. The van der Waals surface area contributed by atoms with E-state index in [0.29, 0.717) is 38.2 Å². The van der Waals surface area contributed by atoms with Crippen LogP contribution in [0.3, 0.4) is 0 Å². The van der Waals surface area contributed by atoms with E-state index in [1.54, 1.807) is 6.92 Å². The lowest BCUT2D eigenvalue weighted by Gasteiger charge is -2.03. The van der Waals surface area contributed by atoms with E-state index in [1.807, 2.05) is 0 Å². The molecule has 0 saturated carbocycles. The molecule has 0 fully saturated rings. The molecule has 3 aromatic rings. The van der Waals surface area contributed by atoms with Gasteiger partial charge in [0.05, 0.1) is 16.0 Å². The highest BCUT2D eigenvalue weighted by Crippen LogP contribution is 2.30. The molecule has 2 N–H and O–H groups in total. The molecule has 0 aliphatic carbocycles. The number of nitrogens with one attached hydrogen (secondary N) is 2. The minimum atomic E-state index is -0.205. The average Bonchev–Trinajstić information content (AvgIpc) is 3.15. The van der Waals surface area contributed by atoms with Crippen molar-refractivity contribution in [2.45, 2.75) is 37.8 Å². The number of Topliss-reactive ketones (excluding diaryl/α,β-unsaturated/α-hetero) is 1. The van der Waals surface area contributed by atoms with Gasteiger partial charge in [0.15, 0.2) is 10.1 Å². The van der Waals surface area contributed by atoms with Crippen molar-refractivity contribution in [3.63, 3.8) is 0 Å². The first-order chi connectivity index (χ1) is 12.3. The molecule has 0 spiro atoms. The molecule has 0 radical (unpaired) electrons. The molecular weight excluding hydrogens is 390 g/mol. The van der Waals surface area contributed by atoms with E-state index in [0.717, 1.165) is 16.0 Å².